The minimum atomic E-state index is -3.74. The van der Waals surface area contributed by atoms with Crippen LogP contribution < -0.4 is 11.1 Å². The number of imide groups is 1. The molecule has 3 amide bonds. The molecule has 0 aliphatic carbocycles. The first kappa shape index (κ1) is 22.8. The van der Waals surface area contributed by atoms with Crippen molar-refractivity contribution in [2.24, 2.45) is 11.7 Å². The van der Waals surface area contributed by atoms with E-state index < -0.39 is 40.0 Å². The Morgan fingerprint density at radius 3 is 2.31 bits per heavy atom. The number of benzene rings is 1. The van der Waals surface area contributed by atoms with Gasteiger partial charge in [-0.15, -0.1) is 0 Å². The third-order valence-electron chi connectivity index (χ3n) is 4.70. The molecule has 3 N–H and O–H groups in total. The van der Waals surface area contributed by atoms with E-state index in [4.69, 9.17) is 10.5 Å². The average Bonchev–Trinajstić information content (AvgIpc) is 2.65. The number of nitrogens with one attached hydrogen (secondary N) is 1. The normalized spacial score (nSPS) is 16.3. The maximum atomic E-state index is 13.0. The van der Waals surface area contributed by atoms with Crippen LogP contribution >= 0.6 is 0 Å². The van der Waals surface area contributed by atoms with Crippen LogP contribution in [0.4, 0.5) is 4.79 Å². The second-order valence-electron chi connectivity index (χ2n) is 7.37. The Hall–Kier alpha value is -2.46. The molecule has 0 radical (unpaired) electrons. The molecule has 29 heavy (non-hydrogen) atoms. The van der Waals surface area contributed by atoms with Crippen LogP contribution in [0.25, 0.3) is 0 Å². The largest absolute Gasteiger partial charge is 0.448 e. The number of rotatable bonds is 6. The zero-order valence-corrected chi connectivity index (χ0v) is 17.6. The fraction of sp³-hybridized carbons (Fsp3) is 0.526. The lowest BCUT2D eigenvalue weighted by molar-refractivity contribution is -0.130. The number of sulfonamides is 1. The van der Waals surface area contributed by atoms with E-state index in [1.807, 2.05) is 5.32 Å². The van der Waals surface area contributed by atoms with Crippen LogP contribution in [0.2, 0.25) is 0 Å². The maximum Gasteiger partial charge on any atom is 0.338 e. The molecule has 9 nitrogen and oxygen atoms in total. The Labute approximate surface area is 170 Å². The number of piperidine rings is 1. The molecule has 2 rings (SSSR count). The van der Waals surface area contributed by atoms with Crippen molar-refractivity contribution in [1.82, 2.24) is 9.62 Å². The van der Waals surface area contributed by atoms with Crippen molar-refractivity contribution >= 4 is 27.9 Å². The van der Waals surface area contributed by atoms with E-state index in [2.05, 4.69) is 0 Å². The summed E-state index contributed by atoms with van der Waals surface area (Å²) >= 11 is 0. The number of ether oxygens (including phenoxy) is 1. The molecule has 1 atom stereocenters. The van der Waals surface area contributed by atoms with Crippen molar-refractivity contribution in [2.75, 3.05) is 13.1 Å². The molecule has 10 heteroatoms. The number of amides is 3. The number of carbonyl (C=O) groups is 3. The van der Waals surface area contributed by atoms with E-state index in [9.17, 15) is 22.8 Å². The Morgan fingerprint density at radius 2 is 1.76 bits per heavy atom. The molecule has 1 fully saturated rings. The summed E-state index contributed by atoms with van der Waals surface area (Å²) in [5, 5.41) is 1.89. The Bertz CT molecular complexity index is 891. The highest BCUT2D eigenvalue weighted by Gasteiger charge is 2.30. The first-order valence-electron chi connectivity index (χ1n) is 9.46. The number of nitrogens with two attached hydrogens (primary N) is 1. The van der Waals surface area contributed by atoms with Gasteiger partial charge in [0.05, 0.1) is 10.5 Å². The second kappa shape index (κ2) is 9.36. The van der Waals surface area contributed by atoms with Crippen LogP contribution in [0.5, 0.6) is 0 Å². The molecular weight excluding hydrogens is 398 g/mol. The summed E-state index contributed by atoms with van der Waals surface area (Å²) in [6.07, 6.45) is 1.33. The fourth-order valence-corrected chi connectivity index (χ4v) is 4.89. The van der Waals surface area contributed by atoms with Gasteiger partial charge in [0.15, 0.2) is 6.10 Å². The number of primary amides is 1. The highest BCUT2D eigenvalue weighted by Crippen LogP contribution is 2.25. The van der Waals surface area contributed by atoms with Gasteiger partial charge in [-0.05, 0) is 43.4 Å². The maximum absolute atomic E-state index is 13.0. The number of urea groups is 1. The van der Waals surface area contributed by atoms with Crippen LogP contribution in [-0.2, 0) is 19.6 Å². The Balaban J connectivity index is 2.28. The Kier molecular flexibility index (Phi) is 7.37. The van der Waals surface area contributed by atoms with Crippen LogP contribution in [0, 0.1) is 12.8 Å². The predicted molar refractivity (Wildman–Crippen MR) is 106 cm³/mol. The van der Waals surface area contributed by atoms with Gasteiger partial charge < -0.3 is 10.5 Å². The highest BCUT2D eigenvalue weighted by atomic mass is 32.2. The van der Waals surface area contributed by atoms with Gasteiger partial charge in [0, 0.05) is 13.1 Å². The third-order valence-corrected chi connectivity index (χ3v) is 6.74. The SMILES string of the molecule is Cc1ccc(C(=O)O[C@@H](C(=O)NC(N)=O)C(C)C)cc1S(=O)(=O)N1CCCCC1. The molecule has 0 aromatic heterocycles. The van der Waals surface area contributed by atoms with Crippen molar-refractivity contribution in [3.8, 4) is 0 Å². The van der Waals surface area contributed by atoms with Crippen LogP contribution in [-0.4, -0.2) is 49.8 Å². The number of hydrogen-bond donors (Lipinski definition) is 2. The first-order chi connectivity index (χ1) is 13.5. The van der Waals surface area contributed by atoms with E-state index >= 15 is 0 Å². The van der Waals surface area contributed by atoms with Crippen molar-refractivity contribution in [2.45, 2.75) is 51.0 Å². The molecule has 0 bridgehead atoms. The number of carbonyl (C=O) groups excluding carboxylic acids is 3. The second-order valence-corrected chi connectivity index (χ2v) is 9.27. The van der Waals surface area contributed by atoms with E-state index in [1.54, 1.807) is 20.8 Å². The van der Waals surface area contributed by atoms with Gasteiger partial charge in [-0.1, -0.05) is 26.3 Å². The van der Waals surface area contributed by atoms with E-state index in [0.29, 0.717) is 18.7 Å². The molecule has 0 unspecified atom stereocenters. The minimum Gasteiger partial charge on any atom is -0.448 e. The Morgan fingerprint density at radius 1 is 1.14 bits per heavy atom. The molecule has 160 valence electrons. The van der Waals surface area contributed by atoms with Gasteiger partial charge in [0.2, 0.25) is 10.0 Å². The molecule has 0 spiro atoms. The molecule has 1 heterocycles. The molecule has 1 aliphatic rings. The summed E-state index contributed by atoms with van der Waals surface area (Å²) in [5.74, 6) is -2.13. The van der Waals surface area contributed by atoms with E-state index in [0.717, 1.165) is 19.3 Å². The van der Waals surface area contributed by atoms with Gasteiger partial charge in [-0.25, -0.2) is 18.0 Å². The highest BCUT2D eigenvalue weighted by molar-refractivity contribution is 7.89. The predicted octanol–water partition coefficient (Wildman–Crippen LogP) is 1.55. The smallest absolute Gasteiger partial charge is 0.338 e. The molecular formula is C19H27N3O6S. The van der Waals surface area contributed by atoms with Gasteiger partial charge in [-0.3, -0.25) is 10.1 Å². The monoisotopic (exact) mass is 425 g/mol. The van der Waals surface area contributed by atoms with Crippen molar-refractivity contribution in [3.63, 3.8) is 0 Å². The van der Waals surface area contributed by atoms with Crippen LogP contribution in [0.3, 0.4) is 0 Å². The van der Waals surface area contributed by atoms with Crippen molar-refractivity contribution in [3.05, 3.63) is 29.3 Å². The molecule has 1 aliphatic heterocycles. The average molecular weight is 426 g/mol. The third kappa shape index (κ3) is 5.54. The van der Waals surface area contributed by atoms with Gasteiger partial charge in [0.25, 0.3) is 5.91 Å². The summed E-state index contributed by atoms with van der Waals surface area (Å²) in [6, 6.07) is 3.18. The van der Waals surface area contributed by atoms with E-state index in [1.165, 1.54) is 22.5 Å². The number of nitrogens with zero attached hydrogens (tertiary/aromatic N) is 1. The standard InChI is InChI=1S/C19H27N3O6S/c1-12(2)16(17(23)21-19(20)25)28-18(24)14-8-7-13(3)15(11-14)29(26,27)22-9-5-4-6-10-22/h7-8,11-12,16H,4-6,9-10H2,1-3H3,(H3,20,21,23,25)/t16-/m1/s1. The number of aryl methyl sites for hydroxylation is 1. The first-order valence-corrected chi connectivity index (χ1v) is 10.9. The summed E-state index contributed by atoms with van der Waals surface area (Å²) in [6.45, 7) is 5.82. The molecule has 1 aromatic rings. The quantitative estimate of drug-likeness (QED) is 0.664. The summed E-state index contributed by atoms with van der Waals surface area (Å²) < 4.78 is 32.7. The zero-order valence-electron chi connectivity index (χ0n) is 16.8. The lowest BCUT2D eigenvalue weighted by Crippen LogP contribution is -2.45. The lowest BCUT2D eigenvalue weighted by Gasteiger charge is -2.26. The van der Waals surface area contributed by atoms with Gasteiger partial charge in [0.1, 0.15) is 0 Å². The van der Waals surface area contributed by atoms with Crippen molar-refractivity contribution in [1.29, 1.82) is 0 Å². The van der Waals surface area contributed by atoms with Gasteiger partial charge in [-0.2, -0.15) is 4.31 Å². The summed E-state index contributed by atoms with van der Waals surface area (Å²) in [7, 11) is -3.74. The van der Waals surface area contributed by atoms with E-state index in [-0.39, 0.29) is 10.5 Å². The van der Waals surface area contributed by atoms with Crippen molar-refractivity contribution < 1.29 is 27.5 Å². The molecule has 1 saturated heterocycles. The molecule has 1 aromatic carbocycles. The minimum absolute atomic E-state index is 0.00343. The zero-order chi connectivity index (χ0) is 21.8. The topological polar surface area (TPSA) is 136 Å². The number of esters is 1. The summed E-state index contributed by atoms with van der Waals surface area (Å²) in [4.78, 5) is 35.6. The van der Waals surface area contributed by atoms with Gasteiger partial charge >= 0.3 is 12.0 Å². The van der Waals surface area contributed by atoms with Crippen LogP contribution in [0.1, 0.15) is 49.0 Å². The number of hydrogen-bond acceptors (Lipinski definition) is 6. The fourth-order valence-electron chi connectivity index (χ4n) is 3.12. The van der Waals surface area contributed by atoms with Crippen LogP contribution in [0.15, 0.2) is 23.1 Å². The lowest BCUT2D eigenvalue weighted by atomic mass is 10.1. The molecule has 0 saturated carbocycles. The summed E-state index contributed by atoms with van der Waals surface area (Å²) in [5.41, 5.74) is 5.46.